The Kier molecular flexibility index (Phi) is 8.74. The van der Waals surface area contributed by atoms with Gasteiger partial charge in [-0.2, -0.15) is 0 Å². The number of rotatable bonds is 12. The van der Waals surface area contributed by atoms with Gasteiger partial charge in [-0.3, -0.25) is 4.79 Å². The van der Waals surface area contributed by atoms with Crippen LogP contribution in [0.4, 0.5) is 0 Å². The molecule has 0 aliphatic heterocycles. The molecule has 0 radical (unpaired) electrons. The van der Waals surface area contributed by atoms with Crippen molar-refractivity contribution >= 4 is 11.4 Å². The third kappa shape index (κ3) is 6.32. The molecule has 0 N–H and O–H groups in total. The lowest BCUT2D eigenvalue weighted by molar-refractivity contribution is -0.114. The maximum atomic E-state index is 11.8. The van der Waals surface area contributed by atoms with E-state index in [1.54, 1.807) is 0 Å². The zero-order valence-corrected chi connectivity index (χ0v) is 18.7. The summed E-state index contributed by atoms with van der Waals surface area (Å²) in [5.74, 6) is 1.24. The Hall–Kier alpha value is -2.35. The lowest BCUT2D eigenvalue weighted by Gasteiger charge is -2.09. The molecule has 1 aliphatic rings. The molecule has 160 valence electrons. The highest BCUT2D eigenvalue weighted by molar-refractivity contribution is 6.06. The zero-order valence-electron chi connectivity index (χ0n) is 18.7. The van der Waals surface area contributed by atoms with Crippen LogP contribution in [0.3, 0.4) is 0 Å². The standard InChI is InChI=1S/C28H36O2/c1-3-4-5-6-7-8-9-10-21-30-26-17-15-24(16-18-26)23-11-13-25(14-12-23)27-19-20-28(29)22(27)2/h11-18H,3-10,19-21H2,1-2H3. The minimum absolute atomic E-state index is 0.289. The minimum atomic E-state index is 0.289. The quantitative estimate of drug-likeness (QED) is 0.335. The van der Waals surface area contributed by atoms with Crippen LogP contribution in [-0.2, 0) is 4.79 Å². The van der Waals surface area contributed by atoms with E-state index in [4.69, 9.17) is 4.74 Å². The first-order chi connectivity index (χ1) is 14.7. The Morgan fingerprint density at radius 1 is 0.700 bits per heavy atom. The van der Waals surface area contributed by atoms with E-state index >= 15 is 0 Å². The van der Waals surface area contributed by atoms with Crippen molar-refractivity contribution < 1.29 is 9.53 Å². The van der Waals surface area contributed by atoms with Gasteiger partial charge in [-0.15, -0.1) is 0 Å². The largest absolute Gasteiger partial charge is 0.494 e. The van der Waals surface area contributed by atoms with Gasteiger partial charge in [0.15, 0.2) is 5.78 Å². The van der Waals surface area contributed by atoms with Crippen molar-refractivity contribution in [2.24, 2.45) is 0 Å². The van der Waals surface area contributed by atoms with E-state index < -0.39 is 0 Å². The van der Waals surface area contributed by atoms with Gasteiger partial charge in [-0.25, -0.2) is 0 Å². The van der Waals surface area contributed by atoms with E-state index in [1.807, 2.05) is 6.92 Å². The van der Waals surface area contributed by atoms with Crippen molar-refractivity contribution in [2.45, 2.75) is 78.1 Å². The van der Waals surface area contributed by atoms with Gasteiger partial charge in [-0.1, -0.05) is 88.3 Å². The van der Waals surface area contributed by atoms with Gasteiger partial charge >= 0.3 is 0 Å². The average Bonchev–Trinajstić information content (AvgIpc) is 3.11. The van der Waals surface area contributed by atoms with Gasteiger partial charge in [0.25, 0.3) is 0 Å². The van der Waals surface area contributed by atoms with E-state index in [0.29, 0.717) is 6.42 Å². The summed E-state index contributed by atoms with van der Waals surface area (Å²) < 4.78 is 5.91. The zero-order chi connectivity index (χ0) is 21.2. The highest BCUT2D eigenvalue weighted by Crippen LogP contribution is 2.32. The molecule has 0 spiro atoms. The van der Waals surface area contributed by atoms with Crippen LogP contribution in [0.15, 0.2) is 54.1 Å². The van der Waals surface area contributed by atoms with Crippen LogP contribution in [0, 0.1) is 0 Å². The molecule has 0 unspecified atom stereocenters. The molecule has 2 aromatic carbocycles. The fourth-order valence-electron chi connectivity index (χ4n) is 4.18. The van der Waals surface area contributed by atoms with Crippen LogP contribution in [0.2, 0.25) is 0 Å². The second kappa shape index (κ2) is 11.7. The van der Waals surface area contributed by atoms with Crippen LogP contribution in [-0.4, -0.2) is 12.4 Å². The molecule has 0 saturated carbocycles. The van der Waals surface area contributed by atoms with Crippen molar-refractivity contribution in [3.63, 3.8) is 0 Å². The van der Waals surface area contributed by atoms with Gasteiger partial charge in [0.2, 0.25) is 0 Å². The summed E-state index contributed by atoms with van der Waals surface area (Å²) >= 11 is 0. The van der Waals surface area contributed by atoms with E-state index in [2.05, 4.69) is 55.5 Å². The molecular weight excluding hydrogens is 368 g/mol. The van der Waals surface area contributed by atoms with Crippen LogP contribution >= 0.6 is 0 Å². The molecule has 2 heteroatoms. The molecule has 2 nitrogen and oxygen atoms in total. The summed E-state index contributed by atoms with van der Waals surface area (Å²) in [6, 6.07) is 17.0. The lowest BCUT2D eigenvalue weighted by atomic mass is 9.98. The van der Waals surface area contributed by atoms with Gasteiger partial charge in [-0.05, 0) is 59.7 Å². The smallest absolute Gasteiger partial charge is 0.159 e. The Morgan fingerprint density at radius 3 is 1.80 bits per heavy atom. The fourth-order valence-corrected chi connectivity index (χ4v) is 4.18. The van der Waals surface area contributed by atoms with Crippen LogP contribution in [0.25, 0.3) is 16.7 Å². The van der Waals surface area contributed by atoms with Crippen molar-refractivity contribution in [1.82, 2.24) is 0 Å². The van der Waals surface area contributed by atoms with Gasteiger partial charge in [0, 0.05) is 6.42 Å². The Morgan fingerprint density at radius 2 is 1.23 bits per heavy atom. The molecule has 0 fully saturated rings. The topological polar surface area (TPSA) is 26.3 Å². The number of allylic oxidation sites excluding steroid dienone is 2. The Labute approximate surface area is 182 Å². The normalized spacial score (nSPS) is 13.9. The molecule has 0 heterocycles. The predicted molar refractivity (Wildman–Crippen MR) is 127 cm³/mol. The molecule has 0 aromatic heterocycles. The number of Topliss-reactive ketones (excluding diaryl/α,β-unsaturated/α-hetero) is 1. The highest BCUT2D eigenvalue weighted by atomic mass is 16.5. The molecule has 2 aromatic rings. The summed E-state index contributed by atoms with van der Waals surface area (Å²) in [7, 11) is 0. The molecule has 0 atom stereocenters. The molecule has 3 rings (SSSR count). The SMILES string of the molecule is CCCCCCCCCCOc1ccc(-c2ccc(C3=C(C)C(=O)CC3)cc2)cc1. The van der Waals surface area contributed by atoms with Gasteiger partial charge < -0.3 is 4.74 Å². The van der Waals surface area contributed by atoms with Crippen LogP contribution in [0.5, 0.6) is 5.75 Å². The summed E-state index contributed by atoms with van der Waals surface area (Å²) in [5.41, 5.74) is 5.69. The number of carbonyl (C=O) groups excluding carboxylic acids is 1. The van der Waals surface area contributed by atoms with E-state index in [-0.39, 0.29) is 5.78 Å². The van der Waals surface area contributed by atoms with Gasteiger partial charge in [0.1, 0.15) is 5.75 Å². The fraction of sp³-hybridized carbons (Fsp3) is 0.464. The third-order valence-corrected chi connectivity index (χ3v) is 6.16. The highest BCUT2D eigenvalue weighted by Gasteiger charge is 2.20. The third-order valence-electron chi connectivity index (χ3n) is 6.16. The summed E-state index contributed by atoms with van der Waals surface area (Å²) in [5, 5.41) is 0. The first-order valence-electron chi connectivity index (χ1n) is 11.8. The average molecular weight is 405 g/mol. The maximum Gasteiger partial charge on any atom is 0.159 e. The molecule has 0 amide bonds. The number of hydrogen-bond acceptors (Lipinski definition) is 2. The minimum Gasteiger partial charge on any atom is -0.494 e. The first-order valence-corrected chi connectivity index (χ1v) is 11.8. The Bertz CT molecular complexity index is 828. The molecule has 0 saturated heterocycles. The molecular formula is C28H36O2. The number of ketones is 1. The lowest BCUT2D eigenvalue weighted by Crippen LogP contribution is -1.97. The molecule has 0 bridgehead atoms. The van der Waals surface area contributed by atoms with Crippen molar-refractivity contribution in [1.29, 1.82) is 0 Å². The summed E-state index contributed by atoms with van der Waals surface area (Å²) in [6.45, 7) is 5.01. The van der Waals surface area contributed by atoms with Crippen molar-refractivity contribution in [3.05, 3.63) is 59.7 Å². The van der Waals surface area contributed by atoms with Gasteiger partial charge in [0.05, 0.1) is 6.61 Å². The van der Waals surface area contributed by atoms with Crippen LogP contribution < -0.4 is 4.74 Å². The van der Waals surface area contributed by atoms with Crippen molar-refractivity contribution in [3.8, 4) is 16.9 Å². The first kappa shape index (κ1) is 22.3. The van der Waals surface area contributed by atoms with E-state index in [1.165, 1.54) is 67.2 Å². The van der Waals surface area contributed by atoms with E-state index in [0.717, 1.165) is 30.8 Å². The maximum absolute atomic E-state index is 11.8. The Balaban J connectivity index is 1.43. The number of unbranched alkanes of at least 4 members (excludes halogenated alkanes) is 7. The second-order valence-corrected chi connectivity index (χ2v) is 8.45. The summed E-state index contributed by atoms with van der Waals surface area (Å²) in [4.78, 5) is 11.8. The monoisotopic (exact) mass is 404 g/mol. The second-order valence-electron chi connectivity index (χ2n) is 8.45. The number of ether oxygens (including phenoxy) is 1. The number of benzene rings is 2. The molecule has 30 heavy (non-hydrogen) atoms. The molecule has 1 aliphatic carbocycles. The van der Waals surface area contributed by atoms with Crippen LogP contribution in [0.1, 0.15) is 83.6 Å². The van der Waals surface area contributed by atoms with E-state index in [9.17, 15) is 4.79 Å². The van der Waals surface area contributed by atoms with Crippen molar-refractivity contribution in [2.75, 3.05) is 6.61 Å². The summed E-state index contributed by atoms with van der Waals surface area (Å²) in [6.07, 6.45) is 12.1. The predicted octanol–water partition coefficient (Wildman–Crippen LogP) is 8.01. The number of hydrogen-bond donors (Lipinski definition) is 0. The number of carbonyl (C=O) groups is 1.